The molecule has 0 amide bonds. The Morgan fingerprint density at radius 1 is 1.26 bits per heavy atom. The van der Waals surface area contributed by atoms with Crippen LogP contribution in [0.15, 0.2) is 30.5 Å². The van der Waals surface area contributed by atoms with E-state index in [1.807, 2.05) is 6.92 Å². The molecule has 1 atom stereocenters. The first kappa shape index (κ1) is 12.7. The summed E-state index contributed by atoms with van der Waals surface area (Å²) in [7, 11) is 0. The van der Waals surface area contributed by atoms with Gasteiger partial charge in [0.25, 0.3) is 0 Å². The van der Waals surface area contributed by atoms with E-state index in [2.05, 4.69) is 35.0 Å². The average Bonchev–Trinajstić information content (AvgIpc) is 2.99. The Bertz CT molecular complexity index is 549. The molecule has 102 valence electrons. The Morgan fingerprint density at radius 2 is 2.00 bits per heavy atom. The van der Waals surface area contributed by atoms with E-state index in [4.69, 9.17) is 0 Å². The van der Waals surface area contributed by atoms with E-state index in [0.717, 1.165) is 18.9 Å². The zero-order valence-electron chi connectivity index (χ0n) is 11.7. The molecular weight excluding hydrogens is 234 g/mol. The van der Waals surface area contributed by atoms with Crippen LogP contribution < -0.4 is 0 Å². The van der Waals surface area contributed by atoms with Crippen molar-refractivity contribution < 1.29 is 5.11 Å². The van der Waals surface area contributed by atoms with Gasteiger partial charge in [-0.05, 0) is 37.3 Å². The fraction of sp³-hybridized carbons (Fsp3) is 0.529. The summed E-state index contributed by atoms with van der Waals surface area (Å²) in [4.78, 5) is 0. The first-order valence-corrected chi connectivity index (χ1v) is 7.49. The highest BCUT2D eigenvalue weighted by Crippen LogP contribution is 2.29. The summed E-state index contributed by atoms with van der Waals surface area (Å²) in [5.74, 6) is 0.843. The summed E-state index contributed by atoms with van der Waals surface area (Å²) in [6.45, 7) is 3.00. The lowest BCUT2D eigenvalue weighted by Crippen LogP contribution is -2.06. The third kappa shape index (κ3) is 2.69. The minimum Gasteiger partial charge on any atom is -0.393 e. The van der Waals surface area contributed by atoms with Crippen LogP contribution in [0.1, 0.15) is 38.2 Å². The van der Waals surface area contributed by atoms with Gasteiger partial charge in [-0.3, -0.25) is 0 Å². The summed E-state index contributed by atoms with van der Waals surface area (Å²) in [6.07, 6.45) is 8.27. The van der Waals surface area contributed by atoms with Crippen molar-refractivity contribution in [2.75, 3.05) is 0 Å². The van der Waals surface area contributed by atoms with Crippen LogP contribution in [0, 0.1) is 5.92 Å². The van der Waals surface area contributed by atoms with Crippen molar-refractivity contribution in [2.45, 2.75) is 51.7 Å². The largest absolute Gasteiger partial charge is 0.393 e. The van der Waals surface area contributed by atoms with Gasteiger partial charge >= 0.3 is 0 Å². The number of benzene rings is 1. The number of aliphatic hydroxyl groups excluding tert-OH is 1. The smallest absolute Gasteiger partial charge is 0.0553 e. The minimum absolute atomic E-state index is 0.272. The lowest BCUT2D eigenvalue weighted by Gasteiger charge is -2.11. The molecule has 0 spiro atoms. The van der Waals surface area contributed by atoms with Crippen LogP contribution in [0.4, 0.5) is 0 Å². The zero-order chi connectivity index (χ0) is 13.2. The van der Waals surface area contributed by atoms with E-state index in [1.54, 1.807) is 0 Å². The number of hydrogen-bond acceptors (Lipinski definition) is 1. The van der Waals surface area contributed by atoms with E-state index in [0.29, 0.717) is 0 Å². The SMILES string of the molecule is CC(O)Cc1cn(CC2CCCC2)c2ccccc12. The van der Waals surface area contributed by atoms with Crippen molar-refractivity contribution in [2.24, 2.45) is 5.92 Å². The Hall–Kier alpha value is -1.28. The molecule has 2 heteroatoms. The number of para-hydroxylation sites is 1. The van der Waals surface area contributed by atoms with Crippen molar-refractivity contribution in [3.05, 3.63) is 36.0 Å². The van der Waals surface area contributed by atoms with Gasteiger partial charge in [0.15, 0.2) is 0 Å². The zero-order valence-corrected chi connectivity index (χ0v) is 11.7. The fourth-order valence-corrected chi connectivity index (χ4v) is 3.43. The quantitative estimate of drug-likeness (QED) is 0.886. The van der Waals surface area contributed by atoms with Crippen LogP contribution in [0.3, 0.4) is 0 Å². The van der Waals surface area contributed by atoms with Crippen LogP contribution in [-0.4, -0.2) is 15.8 Å². The molecule has 1 aromatic heterocycles. The molecule has 3 rings (SSSR count). The van der Waals surface area contributed by atoms with Gasteiger partial charge in [-0.15, -0.1) is 0 Å². The summed E-state index contributed by atoms with van der Waals surface area (Å²) in [5.41, 5.74) is 2.61. The van der Waals surface area contributed by atoms with E-state index < -0.39 is 0 Å². The maximum atomic E-state index is 9.65. The van der Waals surface area contributed by atoms with Crippen LogP contribution >= 0.6 is 0 Å². The number of hydrogen-bond donors (Lipinski definition) is 1. The Kier molecular flexibility index (Phi) is 3.61. The van der Waals surface area contributed by atoms with Crippen LogP contribution in [0.5, 0.6) is 0 Å². The average molecular weight is 257 g/mol. The first-order valence-electron chi connectivity index (χ1n) is 7.49. The van der Waals surface area contributed by atoms with E-state index in [1.165, 1.54) is 42.1 Å². The summed E-state index contributed by atoms with van der Waals surface area (Å²) in [5, 5.41) is 11.0. The molecule has 1 heterocycles. The van der Waals surface area contributed by atoms with E-state index in [9.17, 15) is 5.11 Å². The van der Waals surface area contributed by atoms with Crippen LogP contribution in [0.2, 0.25) is 0 Å². The molecule has 1 aromatic carbocycles. The normalized spacial score (nSPS) is 18.2. The Labute approximate surface area is 115 Å². The molecule has 1 N–H and O–H groups in total. The molecule has 1 fully saturated rings. The highest BCUT2D eigenvalue weighted by molar-refractivity contribution is 5.84. The van der Waals surface area contributed by atoms with Gasteiger partial charge in [0.2, 0.25) is 0 Å². The Balaban J connectivity index is 1.94. The standard InChI is InChI=1S/C17H23NO/c1-13(19)10-15-12-18(11-14-6-2-3-7-14)17-9-5-4-8-16(15)17/h4-5,8-9,12-14,19H,2-3,6-7,10-11H2,1H3. The van der Waals surface area contributed by atoms with Gasteiger partial charge < -0.3 is 9.67 Å². The molecule has 0 aliphatic heterocycles. The number of nitrogens with zero attached hydrogens (tertiary/aromatic N) is 1. The van der Waals surface area contributed by atoms with Gasteiger partial charge in [0, 0.05) is 30.1 Å². The second-order valence-electron chi connectivity index (χ2n) is 6.03. The molecule has 1 saturated carbocycles. The summed E-state index contributed by atoms with van der Waals surface area (Å²) in [6, 6.07) is 8.58. The van der Waals surface area contributed by atoms with Gasteiger partial charge in [-0.25, -0.2) is 0 Å². The predicted octanol–water partition coefficient (Wildman–Crippen LogP) is 3.75. The predicted molar refractivity (Wildman–Crippen MR) is 79.3 cm³/mol. The second kappa shape index (κ2) is 5.38. The highest BCUT2D eigenvalue weighted by Gasteiger charge is 2.17. The maximum absolute atomic E-state index is 9.65. The van der Waals surface area contributed by atoms with Crippen molar-refractivity contribution in [1.82, 2.24) is 4.57 Å². The summed E-state index contributed by atoms with van der Waals surface area (Å²) >= 11 is 0. The molecule has 1 aliphatic carbocycles. The minimum atomic E-state index is -0.272. The third-order valence-corrected chi connectivity index (χ3v) is 4.32. The fourth-order valence-electron chi connectivity index (χ4n) is 3.43. The lowest BCUT2D eigenvalue weighted by molar-refractivity contribution is 0.196. The van der Waals surface area contributed by atoms with E-state index in [-0.39, 0.29) is 6.10 Å². The van der Waals surface area contributed by atoms with Gasteiger partial charge in [0.1, 0.15) is 0 Å². The number of aromatic nitrogens is 1. The second-order valence-corrected chi connectivity index (χ2v) is 6.03. The van der Waals surface area contributed by atoms with Crippen molar-refractivity contribution in [3.63, 3.8) is 0 Å². The van der Waals surface area contributed by atoms with Crippen molar-refractivity contribution in [3.8, 4) is 0 Å². The van der Waals surface area contributed by atoms with Gasteiger partial charge in [0.05, 0.1) is 6.10 Å². The lowest BCUT2D eigenvalue weighted by atomic mass is 10.1. The van der Waals surface area contributed by atoms with Crippen molar-refractivity contribution >= 4 is 10.9 Å². The van der Waals surface area contributed by atoms with Crippen molar-refractivity contribution in [1.29, 1.82) is 0 Å². The van der Waals surface area contributed by atoms with Gasteiger partial charge in [-0.2, -0.15) is 0 Å². The molecule has 1 aliphatic rings. The molecule has 0 saturated heterocycles. The number of rotatable bonds is 4. The number of fused-ring (bicyclic) bond motifs is 1. The molecule has 2 aromatic rings. The maximum Gasteiger partial charge on any atom is 0.0553 e. The first-order chi connectivity index (χ1) is 9.24. The molecule has 0 bridgehead atoms. The third-order valence-electron chi connectivity index (χ3n) is 4.32. The molecule has 0 radical (unpaired) electrons. The molecule has 19 heavy (non-hydrogen) atoms. The van der Waals surface area contributed by atoms with E-state index >= 15 is 0 Å². The monoisotopic (exact) mass is 257 g/mol. The molecule has 1 unspecified atom stereocenters. The molecule has 2 nitrogen and oxygen atoms in total. The Morgan fingerprint density at radius 3 is 2.74 bits per heavy atom. The molecular formula is C17H23NO. The number of aliphatic hydroxyl groups is 1. The van der Waals surface area contributed by atoms with Gasteiger partial charge in [-0.1, -0.05) is 31.0 Å². The topological polar surface area (TPSA) is 25.2 Å². The highest BCUT2D eigenvalue weighted by atomic mass is 16.3. The van der Waals surface area contributed by atoms with Crippen LogP contribution in [0.25, 0.3) is 10.9 Å². The summed E-state index contributed by atoms with van der Waals surface area (Å²) < 4.78 is 2.41. The van der Waals surface area contributed by atoms with Crippen LogP contribution in [-0.2, 0) is 13.0 Å².